The summed E-state index contributed by atoms with van der Waals surface area (Å²) in [5, 5.41) is 11.7. The van der Waals surface area contributed by atoms with Crippen molar-refractivity contribution >= 4 is 23.5 Å². The lowest BCUT2D eigenvalue weighted by molar-refractivity contribution is -0.142. The van der Waals surface area contributed by atoms with Gasteiger partial charge in [-0.3, -0.25) is 9.59 Å². The van der Waals surface area contributed by atoms with Crippen molar-refractivity contribution in [2.24, 2.45) is 5.92 Å². The van der Waals surface area contributed by atoms with Crippen LogP contribution in [-0.4, -0.2) is 41.6 Å². The summed E-state index contributed by atoms with van der Waals surface area (Å²) in [5.74, 6) is -0.919. The predicted molar refractivity (Wildman–Crippen MR) is 92.5 cm³/mol. The number of nitrogens with one attached hydrogen (secondary N) is 1. The number of benzene rings is 1. The Balaban J connectivity index is 2.01. The molecule has 1 unspecified atom stereocenters. The average Bonchev–Trinajstić information content (AvgIpc) is 2.54. The van der Waals surface area contributed by atoms with E-state index >= 15 is 0 Å². The SMILES string of the molecule is CC(C)C[C@H](NC(=O)CCN1C(=O)C(C)Oc2ccccc21)C(=O)O. The second-order valence-corrected chi connectivity index (χ2v) is 6.56. The fraction of sp³-hybridized carbons (Fsp3) is 0.500. The Morgan fingerprint density at radius 2 is 2.00 bits per heavy atom. The first-order valence-corrected chi connectivity index (χ1v) is 8.38. The minimum atomic E-state index is -1.05. The molecule has 0 bridgehead atoms. The highest BCUT2D eigenvalue weighted by Crippen LogP contribution is 2.33. The van der Waals surface area contributed by atoms with Gasteiger partial charge in [-0.25, -0.2) is 4.79 Å². The topological polar surface area (TPSA) is 95.9 Å². The summed E-state index contributed by atoms with van der Waals surface area (Å²) in [4.78, 5) is 37.2. The summed E-state index contributed by atoms with van der Waals surface area (Å²) >= 11 is 0. The third kappa shape index (κ3) is 4.71. The number of carbonyl (C=O) groups is 3. The Kier molecular flexibility index (Phi) is 6.01. The van der Waals surface area contributed by atoms with Crippen molar-refractivity contribution in [3.8, 4) is 5.75 Å². The highest BCUT2D eigenvalue weighted by Gasteiger charge is 2.31. The van der Waals surface area contributed by atoms with E-state index in [2.05, 4.69) is 5.32 Å². The summed E-state index contributed by atoms with van der Waals surface area (Å²) in [6.07, 6.45) is -0.239. The van der Waals surface area contributed by atoms with Crippen molar-refractivity contribution < 1.29 is 24.2 Å². The van der Waals surface area contributed by atoms with E-state index < -0.39 is 24.0 Å². The summed E-state index contributed by atoms with van der Waals surface area (Å²) in [7, 11) is 0. The van der Waals surface area contributed by atoms with Crippen molar-refractivity contribution in [1.82, 2.24) is 5.32 Å². The molecule has 0 aromatic heterocycles. The third-order valence-corrected chi connectivity index (χ3v) is 3.98. The molecule has 0 saturated heterocycles. The number of anilines is 1. The first-order valence-electron chi connectivity index (χ1n) is 8.38. The molecule has 1 aliphatic rings. The molecule has 7 heteroatoms. The molecule has 0 saturated carbocycles. The second-order valence-electron chi connectivity index (χ2n) is 6.56. The monoisotopic (exact) mass is 348 g/mol. The fourth-order valence-corrected chi connectivity index (χ4v) is 2.76. The number of ether oxygens (including phenoxy) is 1. The maximum atomic E-state index is 12.4. The van der Waals surface area contributed by atoms with Crippen molar-refractivity contribution in [2.45, 2.75) is 45.8 Å². The Bertz CT molecular complexity index is 659. The van der Waals surface area contributed by atoms with Crippen molar-refractivity contribution in [2.75, 3.05) is 11.4 Å². The zero-order valence-electron chi connectivity index (χ0n) is 14.7. The number of aliphatic carboxylic acids is 1. The molecular formula is C18H24N2O5. The average molecular weight is 348 g/mol. The number of hydrogen-bond donors (Lipinski definition) is 2. The van der Waals surface area contributed by atoms with E-state index in [9.17, 15) is 19.5 Å². The van der Waals surface area contributed by atoms with E-state index in [0.717, 1.165) is 0 Å². The fourth-order valence-electron chi connectivity index (χ4n) is 2.76. The first-order chi connectivity index (χ1) is 11.8. The molecule has 2 rings (SSSR count). The first kappa shape index (κ1) is 18.8. The highest BCUT2D eigenvalue weighted by atomic mass is 16.5. The quantitative estimate of drug-likeness (QED) is 0.783. The molecule has 7 nitrogen and oxygen atoms in total. The van der Waals surface area contributed by atoms with Crippen LogP contribution in [0.1, 0.15) is 33.6 Å². The van der Waals surface area contributed by atoms with E-state index in [-0.39, 0.29) is 24.8 Å². The normalized spacial score (nSPS) is 17.7. The number of carboxylic acids is 1. The smallest absolute Gasteiger partial charge is 0.326 e. The minimum absolute atomic E-state index is 0.0225. The summed E-state index contributed by atoms with van der Waals surface area (Å²) < 4.78 is 5.55. The number of carbonyl (C=O) groups excluding carboxylic acids is 2. The van der Waals surface area contributed by atoms with E-state index in [0.29, 0.717) is 17.9 Å². The summed E-state index contributed by atoms with van der Waals surface area (Å²) in [5.41, 5.74) is 0.621. The number of hydrogen-bond acceptors (Lipinski definition) is 4. The van der Waals surface area contributed by atoms with Gasteiger partial charge < -0.3 is 20.1 Å². The van der Waals surface area contributed by atoms with Gasteiger partial charge in [0.05, 0.1) is 5.69 Å². The van der Waals surface area contributed by atoms with Gasteiger partial charge in [0, 0.05) is 13.0 Å². The lowest BCUT2D eigenvalue weighted by Crippen LogP contribution is -2.47. The third-order valence-electron chi connectivity index (χ3n) is 3.98. The van der Waals surface area contributed by atoms with E-state index in [1.165, 1.54) is 4.90 Å². The van der Waals surface area contributed by atoms with Gasteiger partial charge in [-0.05, 0) is 31.4 Å². The van der Waals surface area contributed by atoms with Gasteiger partial charge in [0.1, 0.15) is 11.8 Å². The summed E-state index contributed by atoms with van der Waals surface area (Å²) in [6.45, 7) is 5.62. The molecule has 1 aromatic rings. The zero-order chi connectivity index (χ0) is 18.6. The van der Waals surface area contributed by atoms with Crippen LogP contribution >= 0.6 is 0 Å². The van der Waals surface area contributed by atoms with Gasteiger partial charge in [-0.1, -0.05) is 26.0 Å². The zero-order valence-corrected chi connectivity index (χ0v) is 14.7. The van der Waals surface area contributed by atoms with Crippen LogP contribution in [0.4, 0.5) is 5.69 Å². The number of para-hydroxylation sites is 2. The van der Waals surface area contributed by atoms with Crippen molar-refractivity contribution in [3.63, 3.8) is 0 Å². The van der Waals surface area contributed by atoms with E-state index in [4.69, 9.17) is 4.74 Å². The molecule has 0 fully saturated rings. The molecule has 1 aromatic carbocycles. The van der Waals surface area contributed by atoms with Crippen LogP contribution in [0, 0.1) is 5.92 Å². The Labute approximate surface area is 147 Å². The number of rotatable bonds is 7. The highest BCUT2D eigenvalue weighted by molar-refractivity contribution is 6.00. The van der Waals surface area contributed by atoms with Crippen molar-refractivity contribution in [1.29, 1.82) is 0 Å². The van der Waals surface area contributed by atoms with Crippen LogP contribution < -0.4 is 15.0 Å². The molecular weight excluding hydrogens is 324 g/mol. The van der Waals surface area contributed by atoms with Crippen LogP contribution in [0.15, 0.2) is 24.3 Å². The number of fused-ring (bicyclic) bond motifs is 1. The van der Waals surface area contributed by atoms with Crippen LogP contribution in [0.5, 0.6) is 5.75 Å². The molecule has 1 heterocycles. The molecule has 136 valence electrons. The Hall–Kier alpha value is -2.57. The molecule has 1 aliphatic heterocycles. The molecule has 2 amide bonds. The van der Waals surface area contributed by atoms with Crippen LogP contribution in [-0.2, 0) is 14.4 Å². The predicted octanol–water partition coefficient (Wildman–Crippen LogP) is 1.81. The van der Waals surface area contributed by atoms with Gasteiger partial charge in [0.15, 0.2) is 6.10 Å². The lowest BCUT2D eigenvalue weighted by atomic mass is 10.0. The summed E-state index contributed by atoms with van der Waals surface area (Å²) in [6, 6.07) is 6.22. The van der Waals surface area contributed by atoms with Crippen LogP contribution in [0.25, 0.3) is 0 Å². The second kappa shape index (κ2) is 8.00. The standard InChI is InChI=1S/C18H24N2O5/c1-11(2)10-13(18(23)24)19-16(21)8-9-20-14-6-4-5-7-15(14)25-12(3)17(20)22/h4-7,11-13H,8-10H2,1-3H3,(H,19,21)(H,23,24)/t12?,13-/m0/s1. The molecule has 0 spiro atoms. The molecule has 2 atom stereocenters. The number of amides is 2. The number of carboxylic acid groups (broad SMARTS) is 1. The maximum absolute atomic E-state index is 12.4. The Morgan fingerprint density at radius 3 is 2.64 bits per heavy atom. The van der Waals surface area contributed by atoms with Gasteiger partial charge >= 0.3 is 5.97 Å². The van der Waals surface area contributed by atoms with Crippen LogP contribution in [0.3, 0.4) is 0 Å². The molecule has 2 N–H and O–H groups in total. The van der Waals surface area contributed by atoms with Crippen molar-refractivity contribution in [3.05, 3.63) is 24.3 Å². The largest absolute Gasteiger partial charge is 0.480 e. The molecule has 0 radical (unpaired) electrons. The van der Waals surface area contributed by atoms with Gasteiger partial charge in [0.2, 0.25) is 5.91 Å². The maximum Gasteiger partial charge on any atom is 0.326 e. The minimum Gasteiger partial charge on any atom is -0.480 e. The molecule has 0 aliphatic carbocycles. The van der Waals surface area contributed by atoms with Gasteiger partial charge in [-0.15, -0.1) is 0 Å². The van der Waals surface area contributed by atoms with Gasteiger partial charge in [-0.2, -0.15) is 0 Å². The molecule has 25 heavy (non-hydrogen) atoms. The van der Waals surface area contributed by atoms with E-state index in [1.54, 1.807) is 25.1 Å². The Morgan fingerprint density at radius 1 is 1.32 bits per heavy atom. The van der Waals surface area contributed by atoms with Crippen LogP contribution in [0.2, 0.25) is 0 Å². The number of nitrogens with zero attached hydrogens (tertiary/aromatic N) is 1. The lowest BCUT2D eigenvalue weighted by Gasteiger charge is -2.32. The van der Waals surface area contributed by atoms with E-state index in [1.807, 2.05) is 19.9 Å². The van der Waals surface area contributed by atoms with Gasteiger partial charge in [0.25, 0.3) is 5.91 Å².